The summed E-state index contributed by atoms with van der Waals surface area (Å²) in [4.78, 5) is 0. The van der Waals surface area contributed by atoms with Crippen molar-refractivity contribution in [2.45, 2.75) is 27.7 Å². The summed E-state index contributed by atoms with van der Waals surface area (Å²) in [5.74, 6) is 1.96. The molecule has 0 aliphatic rings. The van der Waals surface area contributed by atoms with Gasteiger partial charge in [-0.15, -0.1) is 0 Å². The first kappa shape index (κ1) is 12.9. The predicted molar refractivity (Wildman–Crippen MR) is 68.9 cm³/mol. The van der Waals surface area contributed by atoms with E-state index in [1.54, 1.807) is 6.08 Å². The van der Waals surface area contributed by atoms with Crippen molar-refractivity contribution < 1.29 is 0 Å². The van der Waals surface area contributed by atoms with Gasteiger partial charge in [0.15, 0.2) is 0 Å². The van der Waals surface area contributed by atoms with Gasteiger partial charge in [0, 0.05) is 0 Å². The van der Waals surface area contributed by atoms with Crippen LogP contribution in [0.2, 0.25) is 0 Å². The van der Waals surface area contributed by atoms with Crippen molar-refractivity contribution in [3.8, 4) is 0 Å². The molecule has 0 fully saturated rings. The van der Waals surface area contributed by atoms with Gasteiger partial charge in [-0.3, -0.25) is 0 Å². The fourth-order valence-corrected chi connectivity index (χ4v) is 1.11. The third-order valence-corrected chi connectivity index (χ3v) is 1.85. The summed E-state index contributed by atoms with van der Waals surface area (Å²) in [5, 5.41) is 0. The standard InChI is InChI=1S/C11H13B.C2H6/c1-4-7-12-11-8-9(2)5-6-10(11)3;1-2/h4-8H,1H2,2-3H3;1-2H3. The SMILES string of the molecule is C=CC=Bc1cc(C)ccc1C.CC. The summed E-state index contributed by atoms with van der Waals surface area (Å²) >= 11 is 0. The fraction of sp³-hybridized carbons (Fsp3) is 0.308. The van der Waals surface area contributed by atoms with Gasteiger partial charge in [-0.2, -0.15) is 0 Å². The van der Waals surface area contributed by atoms with E-state index in [4.69, 9.17) is 0 Å². The predicted octanol–water partition coefficient (Wildman–Crippen LogP) is 2.65. The van der Waals surface area contributed by atoms with Crippen LogP contribution in [0, 0.1) is 13.8 Å². The molecule has 1 heteroatoms. The van der Waals surface area contributed by atoms with Crippen LogP contribution in [-0.4, -0.2) is 12.9 Å². The Morgan fingerprint density at radius 2 is 1.86 bits per heavy atom. The molecule has 0 radical (unpaired) electrons. The molecule has 0 amide bonds. The van der Waals surface area contributed by atoms with Crippen LogP contribution in [0.1, 0.15) is 25.0 Å². The number of allylic oxidation sites excluding steroid dienone is 1. The molecule has 74 valence electrons. The Labute approximate surface area is 88.6 Å². The zero-order valence-electron chi connectivity index (χ0n) is 9.67. The van der Waals surface area contributed by atoms with Crippen LogP contribution in [0.25, 0.3) is 0 Å². The normalized spacial score (nSPS) is 8.86. The van der Waals surface area contributed by atoms with Crippen molar-refractivity contribution in [3.63, 3.8) is 0 Å². The van der Waals surface area contributed by atoms with Crippen molar-refractivity contribution in [3.05, 3.63) is 42.0 Å². The average Bonchev–Trinajstić information content (AvgIpc) is 2.22. The molecule has 0 N–H and O–H groups in total. The smallest absolute Gasteiger partial charge is 0.0683 e. The molecular weight excluding hydrogens is 167 g/mol. The minimum atomic E-state index is 1.27. The van der Waals surface area contributed by atoms with E-state index in [-0.39, 0.29) is 0 Å². The largest absolute Gasteiger partial charge is 0.0683 e. The van der Waals surface area contributed by atoms with E-state index in [9.17, 15) is 0 Å². The second-order valence-electron chi connectivity index (χ2n) is 2.95. The Morgan fingerprint density at radius 3 is 2.43 bits per heavy atom. The third kappa shape index (κ3) is 4.22. The van der Waals surface area contributed by atoms with Crippen LogP contribution in [0.3, 0.4) is 0 Å². The van der Waals surface area contributed by atoms with E-state index >= 15 is 0 Å². The Kier molecular flexibility index (Phi) is 6.74. The molecule has 0 saturated carbocycles. The van der Waals surface area contributed by atoms with E-state index < -0.39 is 0 Å². The topological polar surface area (TPSA) is 0 Å². The second kappa shape index (κ2) is 7.31. The Hall–Kier alpha value is -1.11. The molecule has 0 bridgehead atoms. The van der Waals surface area contributed by atoms with Gasteiger partial charge in [-0.1, -0.05) is 13.8 Å². The first-order valence-electron chi connectivity index (χ1n) is 5.10. The maximum atomic E-state index is 3.64. The first-order chi connectivity index (χ1) is 6.74. The Morgan fingerprint density at radius 1 is 1.21 bits per heavy atom. The van der Waals surface area contributed by atoms with Crippen LogP contribution >= 0.6 is 0 Å². The summed E-state index contributed by atoms with van der Waals surface area (Å²) in [7, 11) is 0. The molecule has 0 nitrogen and oxygen atoms in total. The van der Waals surface area contributed by atoms with Crippen molar-refractivity contribution in [1.82, 2.24) is 0 Å². The molecule has 1 aromatic rings. The number of hydrogen-bond acceptors (Lipinski definition) is 0. The molecular formula is C13H19B. The summed E-state index contributed by atoms with van der Waals surface area (Å²) in [6.45, 7) is 13.9. The number of aryl methyl sites for hydroxylation is 2. The van der Waals surface area contributed by atoms with Crippen LogP contribution in [-0.2, 0) is 0 Å². The molecule has 0 unspecified atom stereocenters. The van der Waals surface area contributed by atoms with Crippen LogP contribution in [0.5, 0.6) is 0 Å². The van der Waals surface area contributed by atoms with Gasteiger partial charge in [-0.25, -0.2) is 0 Å². The zero-order valence-corrected chi connectivity index (χ0v) is 9.67. The molecule has 0 aliphatic carbocycles. The summed E-state index contributed by atoms with van der Waals surface area (Å²) in [6.07, 6.45) is 1.79. The Bertz CT molecular complexity index is 311. The number of rotatable bonds is 2. The molecule has 0 atom stereocenters. The minimum Gasteiger partial charge on any atom is -0.0683 e. The number of benzene rings is 1. The van der Waals surface area contributed by atoms with E-state index in [1.165, 1.54) is 16.6 Å². The van der Waals surface area contributed by atoms with Gasteiger partial charge in [0.25, 0.3) is 0 Å². The van der Waals surface area contributed by atoms with Crippen molar-refractivity contribution >= 4 is 18.4 Å². The van der Waals surface area contributed by atoms with E-state index in [1.807, 2.05) is 19.8 Å². The van der Waals surface area contributed by atoms with Gasteiger partial charge in [0.1, 0.15) is 0 Å². The third-order valence-electron chi connectivity index (χ3n) is 1.85. The van der Waals surface area contributed by atoms with Gasteiger partial charge in [0.2, 0.25) is 0 Å². The summed E-state index contributed by atoms with van der Waals surface area (Å²) in [6, 6.07) is 6.44. The van der Waals surface area contributed by atoms with Gasteiger partial charge < -0.3 is 0 Å². The number of hydrogen-bond donors (Lipinski definition) is 0. The Balaban J connectivity index is 0.000000791. The second-order valence-corrected chi connectivity index (χ2v) is 2.95. The van der Waals surface area contributed by atoms with Gasteiger partial charge in [0.05, 0.1) is 0 Å². The monoisotopic (exact) mass is 186 g/mol. The molecule has 0 aromatic heterocycles. The van der Waals surface area contributed by atoms with Gasteiger partial charge >= 0.3 is 74.2 Å². The summed E-state index contributed by atoms with van der Waals surface area (Å²) in [5.41, 5.74) is 3.87. The quantitative estimate of drug-likeness (QED) is 0.623. The molecule has 0 heterocycles. The van der Waals surface area contributed by atoms with Crippen LogP contribution in [0.4, 0.5) is 0 Å². The molecule has 14 heavy (non-hydrogen) atoms. The molecule has 0 aliphatic heterocycles. The van der Waals surface area contributed by atoms with Crippen LogP contribution in [0.15, 0.2) is 30.9 Å². The maximum Gasteiger partial charge on any atom is -0.0683 e. The molecule has 1 rings (SSSR count). The fourth-order valence-electron chi connectivity index (χ4n) is 1.11. The van der Waals surface area contributed by atoms with Gasteiger partial charge in [-0.05, 0) is 0 Å². The average molecular weight is 186 g/mol. The molecule has 0 saturated heterocycles. The molecule has 1 aromatic carbocycles. The maximum absolute atomic E-state index is 3.64. The van der Waals surface area contributed by atoms with Crippen molar-refractivity contribution in [2.75, 3.05) is 0 Å². The van der Waals surface area contributed by atoms with Crippen LogP contribution < -0.4 is 5.46 Å². The van der Waals surface area contributed by atoms with E-state index in [0.717, 1.165) is 0 Å². The summed E-state index contributed by atoms with van der Waals surface area (Å²) < 4.78 is 0. The van der Waals surface area contributed by atoms with E-state index in [0.29, 0.717) is 0 Å². The van der Waals surface area contributed by atoms with Crippen molar-refractivity contribution in [2.24, 2.45) is 0 Å². The van der Waals surface area contributed by atoms with E-state index in [2.05, 4.69) is 45.5 Å². The minimum absolute atomic E-state index is 1.27. The first-order valence-corrected chi connectivity index (χ1v) is 5.10. The van der Waals surface area contributed by atoms with Crippen molar-refractivity contribution in [1.29, 1.82) is 0 Å². The zero-order chi connectivity index (χ0) is 11.0. The molecule has 0 spiro atoms.